The van der Waals surface area contributed by atoms with Crippen molar-refractivity contribution in [3.8, 4) is 0 Å². The van der Waals surface area contributed by atoms with E-state index < -0.39 is 17.6 Å². The Labute approximate surface area is 193 Å². The molecule has 2 aliphatic rings. The highest BCUT2D eigenvalue weighted by Crippen LogP contribution is 2.41. The van der Waals surface area contributed by atoms with Gasteiger partial charge < -0.3 is 20.1 Å². The summed E-state index contributed by atoms with van der Waals surface area (Å²) in [5, 5.41) is 13.5. The molecule has 1 saturated carbocycles. The Morgan fingerprint density at radius 2 is 1.88 bits per heavy atom. The number of hydrogen-bond donors (Lipinski definition) is 2. The van der Waals surface area contributed by atoms with Crippen LogP contribution in [0.4, 0.5) is 4.79 Å². The zero-order valence-electron chi connectivity index (χ0n) is 20.0. The number of aliphatic hydroxyl groups is 1. The van der Waals surface area contributed by atoms with E-state index in [4.69, 9.17) is 12.6 Å². The first-order valence-electron chi connectivity index (χ1n) is 11.7. The summed E-state index contributed by atoms with van der Waals surface area (Å²) in [6, 6.07) is 9.74. The first-order chi connectivity index (χ1) is 14.9. The lowest BCUT2D eigenvalue weighted by molar-refractivity contribution is -0.131. The molecular weight excluding hydrogens is 403 g/mol. The van der Waals surface area contributed by atoms with Gasteiger partial charge in [0.25, 0.3) is 0 Å². The van der Waals surface area contributed by atoms with Gasteiger partial charge in [-0.05, 0) is 78.2 Å². The molecule has 3 rings (SSSR count). The molecule has 5 atom stereocenters. The van der Waals surface area contributed by atoms with Gasteiger partial charge in [-0.1, -0.05) is 30.3 Å². The van der Waals surface area contributed by atoms with Crippen molar-refractivity contribution in [2.24, 2.45) is 11.8 Å². The first-order valence-corrected chi connectivity index (χ1v) is 11.7. The Kier molecular flexibility index (Phi) is 7.40. The molecular formula is C25H37BN2O4. The number of nitrogens with zero attached hydrogens (tertiary/aromatic N) is 1. The molecule has 32 heavy (non-hydrogen) atoms. The number of amides is 2. The van der Waals surface area contributed by atoms with Crippen LogP contribution in [0.2, 0.25) is 0 Å². The molecule has 174 valence electrons. The Hall–Kier alpha value is -1.86. The van der Waals surface area contributed by atoms with Gasteiger partial charge in [-0.2, -0.15) is 0 Å². The maximum atomic E-state index is 13.1. The number of rotatable bonds is 5. The molecule has 2 fully saturated rings. The Bertz CT molecular complexity index is 808. The van der Waals surface area contributed by atoms with Gasteiger partial charge in [0.1, 0.15) is 5.72 Å². The molecule has 1 aliphatic carbocycles. The highest BCUT2D eigenvalue weighted by atomic mass is 16.5. The lowest BCUT2D eigenvalue weighted by atomic mass is 9.73. The van der Waals surface area contributed by atoms with Gasteiger partial charge in [-0.25, -0.2) is 0 Å². The molecule has 1 saturated heterocycles. The maximum absolute atomic E-state index is 13.1. The minimum Gasteiger partial charge on any atom is -0.393 e. The van der Waals surface area contributed by atoms with Gasteiger partial charge in [0.05, 0.1) is 18.2 Å². The quantitative estimate of drug-likeness (QED) is 0.688. The summed E-state index contributed by atoms with van der Waals surface area (Å²) in [5.41, 5.74) is -0.0603. The van der Waals surface area contributed by atoms with Crippen molar-refractivity contribution in [1.29, 1.82) is 0 Å². The predicted octanol–water partition coefficient (Wildman–Crippen LogP) is 3.41. The molecule has 5 unspecified atom stereocenters. The van der Waals surface area contributed by atoms with E-state index in [0.29, 0.717) is 32.1 Å². The number of aliphatic hydroxyl groups excluding tert-OH is 1. The number of benzene rings is 1. The van der Waals surface area contributed by atoms with Crippen LogP contribution >= 0.6 is 0 Å². The van der Waals surface area contributed by atoms with Crippen LogP contribution in [0.15, 0.2) is 30.3 Å². The second-order valence-electron chi connectivity index (χ2n) is 10.9. The summed E-state index contributed by atoms with van der Waals surface area (Å²) in [6.45, 7) is 9.63. The van der Waals surface area contributed by atoms with Crippen LogP contribution < -0.4 is 5.32 Å². The van der Waals surface area contributed by atoms with E-state index in [-0.39, 0.29) is 35.4 Å². The topological polar surface area (TPSA) is 78.9 Å². The van der Waals surface area contributed by atoms with Crippen LogP contribution in [0.3, 0.4) is 0 Å². The van der Waals surface area contributed by atoms with Crippen LogP contribution in [0.25, 0.3) is 0 Å². The van der Waals surface area contributed by atoms with Crippen molar-refractivity contribution in [3.05, 3.63) is 35.9 Å². The third-order valence-corrected chi connectivity index (χ3v) is 6.63. The van der Waals surface area contributed by atoms with Crippen LogP contribution in [-0.2, 0) is 16.0 Å². The highest BCUT2D eigenvalue weighted by molar-refractivity contribution is 6.57. The summed E-state index contributed by atoms with van der Waals surface area (Å²) in [4.78, 5) is 27.1. The number of nitrogens with one attached hydrogen (secondary N) is 1. The first kappa shape index (κ1) is 24.8. The molecule has 0 bridgehead atoms. The third kappa shape index (κ3) is 5.93. The molecule has 2 N–H and O–H groups in total. The van der Waals surface area contributed by atoms with Crippen molar-refractivity contribution in [3.63, 3.8) is 0 Å². The Morgan fingerprint density at radius 3 is 2.47 bits per heavy atom. The summed E-state index contributed by atoms with van der Waals surface area (Å²) < 4.78 is 6.39. The average Bonchev–Trinajstić information content (AvgIpc) is 2.90. The van der Waals surface area contributed by atoms with Crippen molar-refractivity contribution in [2.45, 2.75) is 96.2 Å². The van der Waals surface area contributed by atoms with E-state index in [0.717, 1.165) is 5.56 Å². The SMILES string of the molecule is [B]C(=O)N1C(Cc2ccccc2)C(CC2CC(O)CCC2C(=O)NC(C)(C)C)OC1(C)C. The fourth-order valence-electron chi connectivity index (χ4n) is 5.39. The molecule has 2 amide bonds. The molecule has 0 aromatic heterocycles. The van der Waals surface area contributed by atoms with E-state index in [2.05, 4.69) is 5.32 Å². The smallest absolute Gasteiger partial charge is 0.223 e. The molecule has 6 nitrogen and oxygen atoms in total. The van der Waals surface area contributed by atoms with E-state index in [1.165, 1.54) is 0 Å². The van der Waals surface area contributed by atoms with Crippen LogP contribution in [0.5, 0.6) is 0 Å². The third-order valence-electron chi connectivity index (χ3n) is 6.63. The minimum atomic E-state index is -0.841. The van der Waals surface area contributed by atoms with Crippen LogP contribution in [0, 0.1) is 11.8 Å². The average molecular weight is 440 g/mol. The number of carbonyl (C=O) groups is 2. The molecule has 1 aliphatic heterocycles. The van der Waals surface area contributed by atoms with E-state index >= 15 is 0 Å². The van der Waals surface area contributed by atoms with Crippen molar-refractivity contribution in [2.75, 3.05) is 0 Å². The molecule has 0 spiro atoms. The number of carbonyl (C=O) groups excluding carboxylic acids is 2. The van der Waals surface area contributed by atoms with Gasteiger partial charge in [-0.15, -0.1) is 0 Å². The highest BCUT2D eigenvalue weighted by Gasteiger charge is 2.50. The number of ether oxygens (including phenoxy) is 1. The van der Waals surface area contributed by atoms with E-state index in [1.54, 1.807) is 4.90 Å². The lowest BCUT2D eigenvalue weighted by Gasteiger charge is -2.37. The van der Waals surface area contributed by atoms with Gasteiger partial charge in [0.15, 0.2) is 5.81 Å². The van der Waals surface area contributed by atoms with Crippen molar-refractivity contribution in [1.82, 2.24) is 10.2 Å². The van der Waals surface area contributed by atoms with Gasteiger partial charge >= 0.3 is 0 Å². The second kappa shape index (κ2) is 9.56. The predicted molar refractivity (Wildman–Crippen MR) is 125 cm³/mol. The van der Waals surface area contributed by atoms with Crippen molar-refractivity contribution < 1.29 is 19.4 Å². The molecule has 7 heteroatoms. The minimum absolute atomic E-state index is 0.0259. The molecule has 1 aromatic rings. The van der Waals surface area contributed by atoms with Crippen LogP contribution in [-0.4, -0.2) is 59.1 Å². The van der Waals surface area contributed by atoms with E-state index in [9.17, 15) is 14.7 Å². The lowest BCUT2D eigenvalue weighted by Crippen LogP contribution is -2.49. The fourth-order valence-corrected chi connectivity index (χ4v) is 5.39. The van der Waals surface area contributed by atoms with Crippen molar-refractivity contribution >= 4 is 19.6 Å². The zero-order valence-corrected chi connectivity index (χ0v) is 20.0. The van der Waals surface area contributed by atoms with Gasteiger partial charge in [0.2, 0.25) is 13.8 Å². The normalized spacial score (nSPS) is 30.2. The molecule has 2 radical (unpaired) electrons. The Balaban J connectivity index is 1.85. The monoisotopic (exact) mass is 440 g/mol. The summed E-state index contributed by atoms with van der Waals surface area (Å²) in [7, 11) is 5.78. The maximum Gasteiger partial charge on any atom is 0.223 e. The largest absolute Gasteiger partial charge is 0.393 e. The second-order valence-corrected chi connectivity index (χ2v) is 10.9. The van der Waals surface area contributed by atoms with E-state index in [1.807, 2.05) is 65.0 Å². The van der Waals surface area contributed by atoms with Gasteiger partial charge in [0, 0.05) is 11.5 Å². The number of hydrogen-bond acceptors (Lipinski definition) is 4. The summed E-state index contributed by atoms with van der Waals surface area (Å²) in [5.74, 6) is -0.709. The fraction of sp³-hybridized carbons (Fsp3) is 0.680. The Morgan fingerprint density at radius 1 is 1.22 bits per heavy atom. The summed E-state index contributed by atoms with van der Waals surface area (Å²) in [6.07, 6.45) is 2.32. The zero-order chi connectivity index (χ0) is 23.7. The molecule has 1 aromatic carbocycles. The summed E-state index contributed by atoms with van der Waals surface area (Å²) >= 11 is 0. The molecule has 1 heterocycles. The van der Waals surface area contributed by atoms with Gasteiger partial charge in [-0.3, -0.25) is 9.59 Å². The van der Waals surface area contributed by atoms with Crippen LogP contribution in [0.1, 0.15) is 65.9 Å². The standard InChI is InChI=1S/C25H37BN2O4/c1-24(2,3)27-22(30)19-12-11-18(29)14-17(19)15-21-20(13-16-9-7-6-8-10-16)28(23(26)31)25(4,5)32-21/h6-10,17-21,29H,11-15H2,1-5H3,(H,27,30).